The van der Waals surface area contributed by atoms with E-state index < -0.39 is 5.60 Å². The van der Waals surface area contributed by atoms with Gasteiger partial charge in [0.1, 0.15) is 0 Å². The molecule has 1 saturated carbocycles. The van der Waals surface area contributed by atoms with Crippen molar-refractivity contribution in [1.29, 1.82) is 0 Å². The molecule has 0 aromatic rings. The lowest BCUT2D eigenvalue weighted by Crippen LogP contribution is -2.42. The van der Waals surface area contributed by atoms with Crippen LogP contribution in [0.1, 0.15) is 39.5 Å². The summed E-state index contributed by atoms with van der Waals surface area (Å²) >= 11 is 0. The maximum atomic E-state index is 11.4. The van der Waals surface area contributed by atoms with Gasteiger partial charge in [0.15, 0.2) is 0 Å². The highest BCUT2D eigenvalue weighted by Crippen LogP contribution is 2.32. The third-order valence-electron chi connectivity index (χ3n) is 3.08. The quantitative estimate of drug-likeness (QED) is 0.599. The molecule has 1 aliphatic carbocycles. The number of hydrogen-bond acceptors (Lipinski definition) is 3. The molecule has 0 radical (unpaired) electrons. The van der Waals surface area contributed by atoms with Gasteiger partial charge in [0.05, 0.1) is 5.60 Å². The predicted octanol–water partition coefficient (Wildman–Crippen LogP) is 0.391. The van der Waals surface area contributed by atoms with E-state index in [0.29, 0.717) is 25.3 Å². The van der Waals surface area contributed by atoms with E-state index >= 15 is 0 Å². The molecular weight excluding hydrogens is 192 g/mol. The molecule has 1 rings (SSSR count). The molecule has 0 aromatic carbocycles. The Hall–Kier alpha value is -0.610. The van der Waals surface area contributed by atoms with Crippen molar-refractivity contribution in [3.63, 3.8) is 0 Å². The van der Waals surface area contributed by atoms with Crippen LogP contribution in [0.3, 0.4) is 0 Å². The Morgan fingerprint density at radius 1 is 1.67 bits per heavy atom. The number of aliphatic hydroxyl groups is 1. The standard InChI is InChI=1S/C11H22N2O2/c1-3-11(2,15)7-13-10(14)6-9(12)8-4-5-8/h8-9,15H,3-7,12H2,1-2H3,(H,13,14). The average molecular weight is 214 g/mol. The summed E-state index contributed by atoms with van der Waals surface area (Å²) in [5.74, 6) is 0.491. The normalized spacial score (nSPS) is 21.9. The van der Waals surface area contributed by atoms with Crippen LogP contribution in [-0.4, -0.2) is 29.2 Å². The van der Waals surface area contributed by atoms with Crippen LogP contribution in [0.15, 0.2) is 0 Å². The predicted molar refractivity (Wildman–Crippen MR) is 59.2 cm³/mol. The highest BCUT2D eigenvalue weighted by atomic mass is 16.3. The lowest BCUT2D eigenvalue weighted by Gasteiger charge is -2.22. The van der Waals surface area contributed by atoms with Gasteiger partial charge in [-0.05, 0) is 32.1 Å². The summed E-state index contributed by atoms with van der Waals surface area (Å²) < 4.78 is 0. The van der Waals surface area contributed by atoms with E-state index in [1.54, 1.807) is 6.92 Å². The Morgan fingerprint density at radius 2 is 2.27 bits per heavy atom. The Morgan fingerprint density at radius 3 is 2.73 bits per heavy atom. The molecule has 0 bridgehead atoms. The van der Waals surface area contributed by atoms with E-state index in [-0.39, 0.29) is 11.9 Å². The molecule has 1 fully saturated rings. The van der Waals surface area contributed by atoms with E-state index in [1.807, 2.05) is 6.92 Å². The van der Waals surface area contributed by atoms with Gasteiger partial charge >= 0.3 is 0 Å². The third kappa shape index (κ3) is 4.62. The largest absolute Gasteiger partial charge is 0.388 e. The molecule has 0 heterocycles. The molecule has 0 spiro atoms. The molecule has 4 heteroatoms. The summed E-state index contributed by atoms with van der Waals surface area (Å²) in [4.78, 5) is 11.4. The number of amides is 1. The fourth-order valence-corrected chi connectivity index (χ4v) is 1.39. The Bertz CT molecular complexity index is 225. The maximum absolute atomic E-state index is 11.4. The fraction of sp³-hybridized carbons (Fsp3) is 0.909. The molecule has 88 valence electrons. The summed E-state index contributed by atoms with van der Waals surface area (Å²) in [7, 11) is 0. The summed E-state index contributed by atoms with van der Waals surface area (Å²) in [5.41, 5.74) is 5.02. The van der Waals surface area contributed by atoms with Crippen LogP contribution in [0.5, 0.6) is 0 Å². The molecular formula is C11H22N2O2. The van der Waals surface area contributed by atoms with Crippen molar-refractivity contribution in [2.75, 3.05) is 6.54 Å². The smallest absolute Gasteiger partial charge is 0.221 e. The lowest BCUT2D eigenvalue weighted by atomic mass is 10.0. The minimum Gasteiger partial charge on any atom is -0.388 e. The minimum atomic E-state index is -0.806. The molecule has 1 amide bonds. The number of nitrogens with two attached hydrogens (primary N) is 1. The molecule has 0 aliphatic heterocycles. The van der Waals surface area contributed by atoms with Gasteiger partial charge in [0.2, 0.25) is 5.91 Å². The second-order valence-corrected chi connectivity index (χ2v) is 4.83. The van der Waals surface area contributed by atoms with Crippen molar-refractivity contribution >= 4 is 5.91 Å². The number of hydrogen-bond donors (Lipinski definition) is 3. The number of rotatable bonds is 6. The van der Waals surface area contributed by atoms with Gasteiger partial charge in [-0.3, -0.25) is 4.79 Å². The second-order valence-electron chi connectivity index (χ2n) is 4.83. The van der Waals surface area contributed by atoms with Gasteiger partial charge in [-0.25, -0.2) is 0 Å². The van der Waals surface area contributed by atoms with Crippen LogP contribution in [0.2, 0.25) is 0 Å². The summed E-state index contributed by atoms with van der Waals surface area (Å²) in [6.07, 6.45) is 3.31. The first kappa shape index (κ1) is 12.5. The van der Waals surface area contributed by atoms with Crippen LogP contribution in [-0.2, 0) is 4.79 Å². The van der Waals surface area contributed by atoms with Crippen LogP contribution in [0.4, 0.5) is 0 Å². The average Bonchev–Trinajstić information content (AvgIpc) is 2.98. The SMILES string of the molecule is CCC(C)(O)CNC(=O)CC(N)C1CC1. The van der Waals surface area contributed by atoms with Gasteiger partial charge in [0, 0.05) is 19.0 Å². The Labute approximate surface area is 91.2 Å². The molecule has 2 unspecified atom stereocenters. The number of nitrogens with one attached hydrogen (secondary N) is 1. The fourth-order valence-electron chi connectivity index (χ4n) is 1.39. The van der Waals surface area contributed by atoms with Crippen LogP contribution in [0, 0.1) is 5.92 Å². The van der Waals surface area contributed by atoms with Crippen LogP contribution < -0.4 is 11.1 Å². The zero-order valence-electron chi connectivity index (χ0n) is 9.62. The summed E-state index contributed by atoms with van der Waals surface area (Å²) in [5, 5.41) is 12.4. The summed E-state index contributed by atoms with van der Waals surface area (Å²) in [6.45, 7) is 3.91. The van der Waals surface area contributed by atoms with Crippen molar-refractivity contribution in [3.05, 3.63) is 0 Å². The lowest BCUT2D eigenvalue weighted by molar-refractivity contribution is -0.122. The Kier molecular flexibility index (Phi) is 4.11. The molecule has 4 nitrogen and oxygen atoms in total. The first-order valence-electron chi connectivity index (χ1n) is 5.69. The number of carbonyl (C=O) groups is 1. The topological polar surface area (TPSA) is 75.3 Å². The highest BCUT2D eigenvalue weighted by molar-refractivity contribution is 5.76. The minimum absolute atomic E-state index is 0.00317. The first-order chi connectivity index (χ1) is 6.94. The van der Waals surface area contributed by atoms with E-state index in [4.69, 9.17) is 5.73 Å². The van der Waals surface area contributed by atoms with Crippen molar-refractivity contribution in [1.82, 2.24) is 5.32 Å². The van der Waals surface area contributed by atoms with Gasteiger partial charge in [-0.2, -0.15) is 0 Å². The Balaban J connectivity index is 2.17. The second kappa shape index (κ2) is 4.94. The van der Waals surface area contributed by atoms with Crippen molar-refractivity contribution in [2.45, 2.75) is 51.2 Å². The van der Waals surface area contributed by atoms with E-state index in [9.17, 15) is 9.90 Å². The van der Waals surface area contributed by atoms with E-state index in [2.05, 4.69) is 5.32 Å². The monoisotopic (exact) mass is 214 g/mol. The maximum Gasteiger partial charge on any atom is 0.221 e. The molecule has 0 saturated heterocycles. The van der Waals surface area contributed by atoms with Crippen molar-refractivity contribution in [3.8, 4) is 0 Å². The first-order valence-corrected chi connectivity index (χ1v) is 5.69. The number of carbonyl (C=O) groups excluding carboxylic acids is 1. The zero-order valence-corrected chi connectivity index (χ0v) is 9.62. The van der Waals surface area contributed by atoms with Gasteiger partial charge < -0.3 is 16.2 Å². The van der Waals surface area contributed by atoms with Crippen molar-refractivity contribution < 1.29 is 9.90 Å². The third-order valence-corrected chi connectivity index (χ3v) is 3.08. The molecule has 15 heavy (non-hydrogen) atoms. The molecule has 4 N–H and O–H groups in total. The van der Waals surface area contributed by atoms with E-state index in [0.717, 1.165) is 12.8 Å². The zero-order chi connectivity index (χ0) is 11.5. The van der Waals surface area contributed by atoms with Gasteiger partial charge in [-0.1, -0.05) is 6.92 Å². The van der Waals surface area contributed by atoms with Crippen molar-refractivity contribution in [2.24, 2.45) is 11.7 Å². The van der Waals surface area contributed by atoms with Crippen LogP contribution >= 0.6 is 0 Å². The van der Waals surface area contributed by atoms with Gasteiger partial charge in [0.25, 0.3) is 0 Å². The van der Waals surface area contributed by atoms with E-state index in [1.165, 1.54) is 0 Å². The summed E-state index contributed by atoms with van der Waals surface area (Å²) in [6, 6.07) is -0.00317. The van der Waals surface area contributed by atoms with Gasteiger partial charge in [-0.15, -0.1) is 0 Å². The molecule has 2 atom stereocenters. The van der Waals surface area contributed by atoms with Crippen LogP contribution in [0.25, 0.3) is 0 Å². The molecule has 1 aliphatic rings. The molecule has 0 aromatic heterocycles. The highest BCUT2D eigenvalue weighted by Gasteiger charge is 2.30.